The van der Waals surface area contributed by atoms with Crippen molar-refractivity contribution < 1.29 is 9.59 Å². The smallest absolute Gasteiger partial charge is 0.227 e. The fourth-order valence-corrected chi connectivity index (χ4v) is 3.70. The van der Waals surface area contributed by atoms with Gasteiger partial charge in [0.2, 0.25) is 11.8 Å². The van der Waals surface area contributed by atoms with Gasteiger partial charge in [-0.15, -0.1) is 0 Å². The van der Waals surface area contributed by atoms with Gasteiger partial charge in [0, 0.05) is 29.1 Å². The van der Waals surface area contributed by atoms with E-state index in [-0.39, 0.29) is 23.7 Å². The lowest BCUT2D eigenvalue weighted by atomic mass is 9.81. The fourth-order valence-electron chi connectivity index (χ4n) is 3.52. The summed E-state index contributed by atoms with van der Waals surface area (Å²) in [4.78, 5) is 25.0. The molecular weight excluding hydrogens is 360 g/mol. The standard InChI is InChI=1S/C22H25ClN2O2/c1-15-19(23)8-5-9-20(15)25-22(27)18-12-10-17(11-13-18)21(26)24-14-16-6-3-2-4-7-16/h2-9,17-18H,10-14H2,1H3,(H,24,26)(H,25,27). The molecule has 5 heteroatoms. The van der Waals surface area contributed by atoms with Gasteiger partial charge in [0.05, 0.1) is 0 Å². The summed E-state index contributed by atoms with van der Waals surface area (Å²) in [7, 11) is 0. The molecule has 2 aromatic carbocycles. The van der Waals surface area contributed by atoms with E-state index < -0.39 is 0 Å². The Kier molecular flexibility index (Phi) is 6.51. The molecule has 0 radical (unpaired) electrons. The number of anilines is 1. The lowest BCUT2D eigenvalue weighted by Crippen LogP contribution is -2.35. The zero-order chi connectivity index (χ0) is 19.2. The van der Waals surface area contributed by atoms with Crippen LogP contribution in [0.15, 0.2) is 48.5 Å². The van der Waals surface area contributed by atoms with Gasteiger partial charge in [-0.25, -0.2) is 0 Å². The summed E-state index contributed by atoms with van der Waals surface area (Å²) in [6.07, 6.45) is 2.95. The summed E-state index contributed by atoms with van der Waals surface area (Å²) >= 11 is 6.12. The van der Waals surface area contributed by atoms with Crippen LogP contribution in [0.1, 0.15) is 36.8 Å². The molecule has 27 heavy (non-hydrogen) atoms. The van der Waals surface area contributed by atoms with E-state index in [1.54, 1.807) is 0 Å². The van der Waals surface area contributed by atoms with E-state index in [2.05, 4.69) is 10.6 Å². The minimum Gasteiger partial charge on any atom is -0.352 e. The zero-order valence-electron chi connectivity index (χ0n) is 15.5. The van der Waals surface area contributed by atoms with Crippen LogP contribution in [-0.2, 0) is 16.1 Å². The topological polar surface area (TPSA) is 58.2 Å². The molecule has 2 aromatic rings. The van der Waals surface area contributed by atoms with Crippen molar-refractivity contribution in [1.29, 1.82) is 0 Å². The lowest BCUT2D eigenvalue weighted by molar-refractivity contribution is -0.128. The number of rotatable bonds is 5. The van der Waals surface area contributed by atoms with Crippen LogP contribution in [0.25, 0.3) is 0 Å². The van der Waals surface area contributed by atoms with Crippen LogP contribution >= 0.6 is 11.6 Å². The minimum atomic E-state index is -0.0541. The van der Waals surface area contributed by atoms with Gasteiger partial charge in [0.25, 0.3) is 0 Å². The molecule has 0 aromatic heterocycles. The molecule has 142 valence electrons. The lowest BCUT2D eigenvalue weighted by Gasteiger charge is -2.27. The summed E-state index contributed by atoms with van der Waals surface area (Å²) in [6, 6.07) is 15.4. The third-order valence-corrected chi connectivity index (χ3v) is 5.71. The summed E-state index contributed by atoms with van der Waals surface area (Å²) < 4.78 is 0. The highest BCUT2D eigenvalue weighted by Gasteiger charge is 2.30. The second-order valence-electron chi connectivity index (χ2n) is 7.15. The van der Waals surface area contributed by atoms with Crippen LogP contribution in [0.5, 0.6) is 0 Å². The summed E-state index contributed by atoms with van der Waals surface area (Å²) in [5.41, 5.74) is 2.73. The Bertz CT molecular complexity index is 799. The highest BCUT2D eigenvalue weighted by molar-refractivity contribution is 6.31. The van der Waals surface area contributed by atoms with Gasteiger partial charge in [0.1, 0.15) is 0 Å². The van der Waals surface area contributed by atoms with Crippen molar-refractivity contribution in [3.05, 3.63) is 64.7 Å². The van der Waals surface area contributed by atoms with Gasteiger partial charge < -0.3 is 10.6 Å². The molecule has 0 aliphatic heterocycles. The van der Waals surface area contributed by atoms with Crippen LogP contribution < -0.4 is 10.6 Å². The third-order valence-electron chi connectivity index (χ3n) is 5.30. The third kappa shape index (κ3) is 5.10. The number of halogens is 1. The van der Waals surface area contributed by atoms with Crippen LogP contribution in [0.2, 0.25) is 5.02 Å². The molecule has 2 amide bonds. The molecular formula is C22H25ClN2O2. The predicted molar refractivity (Wildman–Crippen MR) is 109 cm³/mol. The Morgan fingerprint density at radius 1 is 0.926 bits per heavy atom. The number of amides is 2. The average Bonchev–Trinajstić information content (AvgIpc) is 2.70. The van der Waals surface area contributed by atoms with Crippen molar-refractivity contribution in [1.82, 2.24) is 5.32 Å². The monoisotopic (exact) mass is 384 g/mol. The number of hydrogen-bond donors (Lipinski definition) is 2. The molecule has 0 unspecified atom stereocenters. The van der Waals surface area contributed by atoms with E-state index in [0.29, 0.717) is 11.6 Å². The van der Waals surface area contributed by atoms with E-state index in [4.69, 9.17) is 11.6 Å². The quantitative estimate of drug-likeness (QED) is 0.784. The van der Waals surface area contributed by atoms with Crippen molar-refractivity contribution in [3.63, 3.8) is 0 Å². The Balaban J connectivity index is 1.47. The first-order chi connectivity index (χ1) is 13.0. The molecule has 1 saturated carbocycles. The molecule has 0 saturated heterocycles. The second-order valence-corrected chi connectivity index (χ2v) is 7.56. The summed E-state index contributed by atoms with van der Waals surface area (Å²) in [5, 5.41) is 6.64. The molecule has 0 bridgehead atoms. The number of carbonyl (C=O) groups excluding carboxylic acids is 2. The van der Waals surface area contributed by atoms with E-state index in [1.165, 1.54) is 0 Å². The van der Waals surface area contributed by atoms with Crippen molar-refractivity contribution >= 4 is 29.1 Å². The minimum absolute atomic E-state index is 0.00864. The first-order valence-corrected chi connectivity index (χ1v) is 9.80. The number of hydrogen-bond acceptors (Lipinski definition) is 2. The highest BCUT2D eigenvalue weighted by Crippen LogP contribution is 2.31. The van der Waals surface area contributed by atoms with Gasteiger partial charge in [-0.1, -0.05) is 48.0 Å². The van der Waals surface area contributed by atoms with Crippen LogP contribution in [0.3, 0.4) is 0 Å². The van der Waals surface area contributed by atoms with Gasteiger partial charge >= 0.3 is 0 Å². The maximum Gasteiger partial charge on any atom is 0.227 e. The second kappa shape index (κ2) is 9.05. The maximum absolute atomic E-state index is 12.6. The number of benzene rings is 2. The Morgan fingerprint density at radius 2 is 1.56 bits per heavy atom. The van der Waals surface area contributed by atoms with Gasteiger partial charge in [-0.2, -0.15) is 0 Å². The van der Waals surface area contributed by atoms with E-state index in [0.717, 1.165) is 42.5 Å². The number of nitrogens with one attached hydrogen (secondary N) is 2. The SMILES string of the molecule is Cc1c(Cl)cccc1NC(=O)C1CCC(C(=O)NCc2ccccc2)CC1. The Hall–Kier alpha value is -2.33. The maximum atomic E-state index is 12.6. The first kappa shape index (κ1) is 19.4. The van der Waals surface area contributed by atoms with E-state index in [1.807, 2.05) is 55.5 Å². The van der Waals surface area contributed by atoms with Crippen molar-refractivity contribution in [2.24, 2.45) is 11.8 Å². The molecule has 3 rings (SSSR count). The molecule has 0 spiro atoms. The normalized spacial score (nSPS) is 19.3. The molecule has 1 fully saturated rings. The van der Waals surface area contributed by atoms with Crippen molar-refractivity contribution in [2.75, 3.05) is 5.32 Å². The first-order valence-electron chi connectivity index (χ1n) is 9.42. The molecule has 0 atom stereocenters. The Morgan fingerprint density at radius 3 is 2.22 bits per heavy atom. The molecule has 0 heterocycles. The van der Waals surface area contributed by atoms with Crippen molar-refractivity contribution in [3.8, 4) is 0 Å². The molecule has 4 nitrogen and oxygen atoms in total. The summed E-state index contributed by atoms with van der Waals surface area (Å²) in [5.74, 6) is 0.0409. The molecule has 1 aliphatic rings. The van der Waals surface area contributed by atoms with E-state index in [9.17, 15) is 9.59 Å². The predicted octanol–water partition coefficient (Wildman–Crippen LogP) is 4.71. The Labute approximate surface area is 165 Å². The van der Waals surface area contributed by atoms with Crippen molar-refractivity contribution in [2.45, 2.75) is 39.2 Å². The highest BCUT2D eigenvalue weighted by atomic mass is 35.5. The average molecular weight is 385 g/mol. The van der Waals surface area contributed by atoms with Gasteiger partial charge in [0.15, 0.2) is 0 Å². The zero-order valence-corrected chi connectivity index (χ0v) is 16.3. The van der Waals surface area contributed by atoms with E-state index >= 15 is 0 Å². The van der Waals surface area contributed by atoms with Crippen LogP contribution in [0.4, 0.5) is 5.69 Å². The van der Waals surface area contributed by atoms with Gasteiger partial charge in [-0.05, 0) is 55.9 Å². The van der Waals surface area contributed by atoms with Gasteiger partial charge in [-0.3, -0.25) is 9.59 Å². The largest absolute Gasteiger partial charge is 0.352 e. The van der Waals surface area contributed by atoms with Crippen LogP contribution in [-0.4, -0.2) is 11.8 Å². The molecule has 2 N–H and O–H groups in total. The van der Waals surface area contributed by atoms with Crippen LogP contribution in [0, 0.1) is 18.8 Å². The summed E-state index contributed by atoms with van der Waals surface area (Å²) in [6.45, 7) is 2.44. The number of carbonyl (C=O) groups is 2. The fraction of sp³-hybridized carbons (Fsp3) is 0.364. The molecule has 1 aliphatic carbocycles.